The first kappa shape index (κ1) is 35.6. The predicted octanol–water partition coefficient (Wildman–Crippen LogP) is 5.74. The lowest BCUT2D eigenvalue weighted by Gasteiger charge is -2.25. The molecule has 0 saturated carbocycles. The third-order valence-corrected chi connectivity index (χ3v) is 10.9. The van der Waals surface area contributed by atoms with Crippen molar-refractivity contribution in [2.24, 2.45) is 20.0 Å². The second kappa shape index (κ2) is 16.5. The van der Waals surface area contributed by atoms with E-state index in [4.69, 9.17) is 0 Å². The van der Waals surface area contributed by atoms with Crippen molar-refractivity contribution in [3.05, 3.63) is 97.1 Å². The van der Waals surface area contributed by atoms with Gasteiger partial charge in [-0.3, -0.25) is 4.55 Å². The monoisotopic (exact) mass is 670 g/mol. The van der Waals surface area contributed by atoms with Crippen LogP contribution in [-0.2, 0) is 41.5 Å². The van der Waals surface area contributed by atoms with Crippen LogP contribution in [0.3, 0.4) is 0 Å². The zero-order chi connectivity index (χ0) is 33.3. The van der Waals surface area contributed by atoms with Gasteiger partial charge in [-0.2, -0.15) is 8.42 Å². The summed E-state index contributed by atoms with van der Waals surface area (Å²) in [6.45, 7) is 5.35. The summed E-state index contributed by atoms with van der Waals surface area (Å²) in [5, 5.41) is 0. The molecule has 0 saturated heterocycles. The summed E-state index contributed by atoms with van der Waals surface area (Å²) >= 11 is 0. The summed E-state index contributed by atoms with van der Waals surface area (Å²) in [5.41, 5.74) is 2.26. The second-order valence-electron chi connectivity index (χ2n) is 12.9. The van der Waals surface area contributed by atoms with Gasteiger partial charge in [0.1, 0.15) is 24.8 Å². The van der Waals surface area contributed by atoms with Crippen LogP contribution < -0.4 is 9.13 Å². The molecule has 11 heteroatoms. The molecule has 0 amide bonds. The van der Waals surface area contributed by atoms with Crippen LogP contribution in [0.1, 0.15) is 94.2 Å². The molecule has 2 aromatic carbocycles. The molecule has 250 valence electrons. The molecule has 9 nitrogen and oxygen atoms in total. The highest BCUT2D eigenvalue weighted by atomic mass is 32.2. The summed E-state index contributed by atoms with van der Waals surface area (Å²) in [6, 6.07) is 14.4. The number of rotatable bonds is 18. The molecule has 4 unspecified atom stereocenters. The lowest BCUT2D eigenvalue weighted by Crippen LogP contribution is -2.35. The number of hydrogen-bond donors (Lipinski definition) is 2. The Morgan fingerprint density at radius 1 is 0.783 bits per heavy atom. The summed E-state index contributed by atoms with van der Waals surface area (Å²) in [7, 11) is -2.75. The van der Waals surface area contributed by atoms with Gasteiger partial charge in [-0.05, 0) is 98.6 Å². The summed E-state index contributed by atoms with van der Waals surface area (Å²) in [6.07, 6.45) is 20.9. The van der Waals surface area contributed by atoms with Crippen molar-refractivity contribution in [3.8, 4) is 0 Å². The van der Waals surface area contributed by atoms with E-state index >= 15 is 0 Å². The van der Waals surface area contributed by atoms with Crippen molar-refractivity contribution < 1.29 is 30.5 Å². The van der Waals surface area contributed by atoms with Gasteiger partial charge < -0.3 is 0 Å². The number of nitrogens with zero attached hydrogens (tertiary/aromatic N) is 4. The lowest BCUT2D eigenvalue weighted by molar-refractivity contribution is -0.719. The van der Waals surface area contributed by atoms with Gasteiger partial charge in [-0.15, -0.1) is 0 Å². The molecule has 46 heavy (non-hydrogen) atoms. The number of imidazole rings is 2. The van der Waals surface area contributed by atoms with Gasteiger partial charge >= 0.3 is 0 Å². The third kappa shape index (κ3) is 10.6. The molecule has 4 aromatic rings. The maximum atomic E-state index is 11.6. The average molecular weight is 671 g/mol. The highest BCUT2D eigenvalue weighted by molar-refractivity contribution is 7.85. The Kier molecular flexibility index (Phi) is 12.8. The van der Waals surface area contributed by atoms with Gasteiger partial charge in [0.25, 0.3) is 10.1 Å². The first-order chi connectivity index (χ1) is 21.9. The van der Waals surface area contributed by atoms with Gasteiger partial charge in [0.05, 0.1) is 36.5 Å². The fourth-order valence-electron chi connectivity index (χ4n) is 6.42. The van der Waals surface area contributed by atoms with Crippen LogP contribution in [0.5, 0.6) is 0 Å². The van der Waals surface area contributed by atoms with Crippen molar-refractivity contribution >= 4 is 20.8 Å². The lowest BCUT2D eigenvalue weighted by atomic mass is 9.81. The first-order valence-corrected chi connectivity index (χ1v) is 18.9. The van der Waals surface area contributed by atoms with Gasteiger partial charge in [0, 0.05) is 0 Å². The fourth-order valence-corrected chi connectivity index (χ4v) is 7.30. The van der Waals surface area contributed by atoms with Crippen LogP contribution in [-0.4, -0.2) is 30.5 Å². The molecule has 4 rings (SSSR count). The number of aromatic nitrogens is 4. The van der Waals surface area contributed by atoms with Crippen LogP contribution in [0.25, 0.3) is 0 Å². The minimum atomic E-state index is -4.20. The van der Waals surface area contributed by atoms with E-state index in [-0.39, 0.29) is 10.8 Å². The molecule has 0 bridgehead atoms. The Morgan fingerprint density at radius 3 is 2.00 bits per heavy atom. The van der Waals surface area contributed by atoms with Crippen LogP contribution in [0, 0.1) is 5.92 Å². The molecule has 0 aliphatic rings. The van der Waals surface area contributed by atoms with Crippen molar-refractivity contribution in [2.75, 3.05) is 0 Å². The van der Waals surface area contributed by atoms with E-state index in [9.17, 15) is 21.4 Å². The SMILES string of the molecule is CC(CCCC(CC[n+]1ccn(C)c1)CC(CCCC(C)[n+]1ccn(C)c1)c1ccc([SH](=O)=O)cc1)c1ccc(S(=O)(=O)O)cc1. The Labute approximate surface area is 276 Å². The van der Waals surface area contributed by atoms with E-state index < -0.39 is 20.8 Å². The van der Waals surface area contributed by atoms with E-state index in [2.05, 4.69) is 69.6 Å². The van der Waals surface area contributed by atoms with Gasteiger partial charge in [0.15, 0.2) is 10.7 Å². The van der Waals surface area contributed by atoms with Crippen molar-refractivity contribution in [1.29, 1.82) is 0 Å². The van der Waals surface area contributed by atoms with Crippen molar-refractivity contribution in [1.82, 2.24) is 9.13 Å². The Balaban J connectivity index is 1.46. The molecule has 1 N–H and O–H groups in total. The number of aryl methyl sites for hydroxylation is 3. The maximum Gasteiger partial charge on any atom is 0.294 e. The zero-order valence-electron chi connectivity index (χ0n) is 27.5. The molecule has 2 heterocycles. The standard InChI is InChI=1S/C35H49N4O5S2/c1-28(31-13-17-35(18-14-31)46(42,43)44)7-5-9-30(19-20-38-23-21-36(3)26-38)25-33(32-11-15-34(16-12-32)45(40)41)10-6-8-29(2)39-24-22-37(4)27-39/h11-18,21-24,26-30,33,45H,5-10,19-20,25H2,1-4H3/q+1/p+1. The zero-order valence-corrected chi connectivity index (χ0v) is 29.2. The van der Waals surface area contributed by atoms with E-state index in [1.165, 1.54) is 17.7 Å². The van der Waals surface area contributed by atoms with E-state index in [0.717, 1.165) is 63.5 Å². The van der Waals surface area contributed by atoms with E-state index in [0.29, 0.717) is 22.8 Å². The van der Waals surface area contributed by atoms with Crippen LogP contribution >= 0.6 is 0 Å². The Hall–Kier alpha value is -3.28. The number of benzene rings is 2. The minimum absolute atomic E-state index is 0.0834. The molecule has 0 radical (unpaired) electrons. The topological polar surface area (TPSA) is 106 Å². The molecular weight excluding hydrogens is 621 g/mol. The third-order valence-electron chi connectivity index (χ3n) is 9.28. The Bertz CT molecular complexity index is 1700. The normalized spacial score (nSPS) is 14.7. The molecule has 0 aliphatic carbocycles. The van der Waals surface area contributed by atoms with Crippen molar-refractivity contribution in [3.63, 3.8) is 0 Å². The smallest absolute Gasteiger partial charge is 0.282 e. The molecule has 4 atom stereocenters. The van der Waals surface area contributed by atoms with Crippen LogP contribution in [0.15, 0.2) is 95.8 Å². The average Bonchev–Trinajstić information content (AvgIpc) is 3.66. The molecule has 0 fully saturated rings. The van der Waals surface area contributed by atoms with E-state index in [1.54, 1.807) is 24.3 Å². The maximum absolute atomic E-state index is 11.6. The predicted molar refractivity (Wildman–Crippen MR) is 179 cm³/mol. The quantitative estimate of drug-likeness (QED) is 0.0798. The molecule has 0 spiro atoms. The van der Waals surface area contributed by atoms with Gasteiger partial charge in [-0.25, -0.2) is 26.7 Å². The Morgan fingerprint density at radius 2 is 1.41 bits per heavy atom. The number of thiol groups is 1. The van der Waals surface area contributed by atoms with Gasteiger partial charge in [0.2, 0.25) is 12.7 Å². The van der Waals surface area contributed by atoms with Crippen LogP contribution in [0.2, 0.25) is 0 Å². The summed E-state index contributed by atoms with van der Waals surface area (Å²) in [5.74, 6) is 1.06. The summed E-state index contributed by atoms with van der Waals surface area (Å²) < 4.78 is 64.0. The highest BCUT2D eigenvalue weighted by Crippen LogP contribution is 2.34. The molecule has 2 aromatic heterocycles. The second-order valence-corrected chi connectivity index (χ2v) is 15.4. The van der Waals surface area contributed by atoms with Gasteiger partial charge in [-0.1, -0.05) is 44.0 Å². The largest absolute Gasteiger partial charge is 0.294 e. The fraction of sp³-hybridized carbons (Fsp3) is 0.486. The molecular formula is C35H50N4O5S2+2. The van der Waals surface area contributed by atoms with Crippen molar-refractivity contribution in [2.45, 2.75) is 99.4 Å². The van der Waals surface area contributed by atoms with Crippen LogP contribution in [0.4, 0.5) is 0 Å². The first-order valence-electron chi connectivity index (χ1n) is 16.2. The minimum Gasteiger partial charge on any atom is -0.282 e. The number of hydrogen-bond acceptors (Lipinski definition) is 4. The molecule has 0 aliphatic heterocycles. The van der Waals surface area contributed by atoms with E-state index in [1.807, 2.05) is 26.2 Å². The summed E-state index contributed by atoms with van der Waals surface area (Å²) in [4.78, 5) is 0.266. The highest BCUT2D eigenvalue weighted by Gasteiger charge is 2.21.